The third-order valence-corrected chi connectivity index (χ3v) is 6.03. The first-order chi connectivity index (χ1) is 13.9. The van der Waals surface area contributed by atoms with Gasteiger partial charge in [0.15, 0.2) is 11.5 Å². The van der Waals surface area contributed by atoms with E-state index in [1.54, 1.807) is 31.4 Å². The number of ether oxygens (including phenoxy) is 2. The van der Waals surface area contributed by atoms with Gasteiger partial charge in [0, 0.05) is 6.54 Å². The average Bonchev–Trinajstić information content (AvgIpc) is 2.95. The molecule has 0 aliphatic carbocycles. The average molecular weight is 446 g/mol. The molecular formula is C22H20ClNO3S2. The van der Waals surface area contributed by atoms with Gasteiger partial charge in [-0.1, -0.05) is 65.9 Å². The summed E-state index contributed by atoms with van der Waals surface area (Å²) >= 11 is 13.0. The van der Waals surface area contributed by atoms with Crippen molar-refractivity contribution in [3.8, 4) is 11.5 Å². The Hall–Kier alpha value is -2.28. The summed E-state index contributed by atoms with van der Waals surface area (Å²) in [5, 5.41) is 0.408. The first-order valence-corrected chi connectivity index (χ1v) is 10.5. The van der Waals surface area contributed by atoms with Crippen LogP contribution in [0.2, 0.25) is 5.02 Å². The standard InChI is InChI=1S/C22H20ClNO3S2/c1-4-9-24-21(25)19(29-22(24)28)12-15-10-17(23)20(18(11-15)26-3)27-13-16-8-6-5-7-14(16)2/h4-8,10-12H,1,9,13H2,2-3H3. The monoisotopic (exact) mass is 445 g/mol. The Kier molecular flexibility index (Phi) is 7.00. The molecule has 29 heavy (non-hydrogen) atoms. The van der Waals surface area contributed by atoms with Crippen molar-refractivity contribution in [2.75, 3.05) is 13.7 Å². The molecule has 7 heteroatoms. The third-order valence-electron chi connectivity index (χ3n) is 4.37. The fourth-order valence-corrected chi connectivity index (χ4v) is 4.37. The molecule has 0 radical (unpaired) electrons. The maximum atomic E-state index is 12.5. The number of nitrogens with zero attached hydrogens (tertiary/aromatic N) is 1. The lowest BCUT2D eigenvalue weighted by molar-refractivity contribution is -0.121. The summed E-state index contributed by atoms with van der Waals surface area (Å²) < 4.78 is 11.9. The van der Waals surface area contributed by atoms with Gasteiger partial charge in [-0.05, 0) is 41.8 Å². The molecule has 0 N–H and O–H groups in total. The van der Waals surface area contributed by atoms with E-state index in [1.807, 2.05) is 31.2 Å². The van der Waals surface area contributed by atoms with Gasteiger partial charge in [0.25, 0.3) is 5.91 Å². The summed E-state index contributed by atoms with van der Waals surface area (Å²) in [6.07, 6.45) is 3.40. The molecule has 0 aromatic heterocycles. The molecule has 0 unspecified atom stereocenters. The summed E-state index contributed by atoms with van der Waals surface area (Å²) in [4.78, 5) is 14.6. The van der Waals surface area contributed by atoms with E-state index in [0.29, 0.717) is 38.9 Å². The fraction of sp³-hybridized carbons (Fsp3) is 0.182. The molecule has 0 saturated carbocycles. The minimum atomic E-state index is -0.144. The minimum Gasteiger partial charge on any atom is -0.493 e. The van der Waals surface area contributed by atoms with Crippen molar-refractivity contribution in [3.05, 3.63) is 75.7 Å². The van der Waals surface area contributed by atoms with Crippen LogP contribution in [-0.4, -0.2) is 28.8 Å². The minimum absolute atomic E-state index is 0.144. The number of aryl methyl sites for hydroxylation is 1. The van der Waals surface area contributed by atoms with Crippen molar-refractivity contribution < 1.29 is 14.3 Å². The lowest BCUT2D eigenvalue weighted by atomic mass is 10.1. The normalized spacial score (nSPS) is 15.1. The second-order valence-electron chi connectivity index (χ2n) is 6.33. The van der Waals surface area contributed by atoms with Crippen LogP contribution in [0, 0.1) is 6.92 Å². The first kappa shape index (κ1) is 21.4. The van der Waals surface area contributed by atoms with E-state index in [4.69, 9.17) is 33.3 Å². The predicted octanol–water partition coefficient (Wildman–Crippen LogP) is 5.62. The molecule has 150 valence electrons. The predicted molar refractivity (Wildman–Crippen MR) is 124 cm³/mol. The number of methoxy groups -OCH3 is 1. The number of amides is 1. The topological polar surface area (TPSA) is 38.8 Å². The molecule has 1 aliphatic rings. The SMILES string of the molecule is C=CCN1C(=O)C(=Cc2cc(Cl)c(OCc3ccccc3C)c(OC)c2)SC1=S. The lowest BCUT2D eigenvalue weighted by Gasteiger charge is -2.14. The Labute approximate surface area is 185 Å². The van der Waals surface area contributed by atoms with Gasteiger partial charge in [0.1, 0.15) is 10.9 Å². The molecule has 1 saturated heterocycles. The van der Waals surface area contributed by atoms with Crippen LogP contribution in [0.3, 0.4) is 0 Å². The Bertz CT molecular complexity index is 1000. The lowest BCUT2D eigenvalue weighted by Crippen LogP contribution is -2.27. The highest BCUT2D eigenvalue weighted by atomic mass is 35.5. The number of benzene rings is 2. The number of hydrogen-bond donors (Lipinski definition) is 0. The van der Waals surface area contributed by atoms with Crippen molar-refractivity contribution >= 4 is 51.9 Å². The van der Waals surface area contributed by atoms with Crippen molar-refractivity contribution in [2.24, 2.45) is 0 Å². The molecule has 2 aromatic rings. The molecule has 0 atom stereocenters. The first-order valence-electron chi connectivity index (χ1n) is 8.85. The third kappa shape index (κ3) is 4.83. The fourth-order valence-electron chi connectivity index (χ4n) is 2.82. The van der Waals surface area contributed by atoms with E-state index >= 15 is 0 Å². The van der Waals surface area contributed by atoms with Crippen LogP contribution >= 0.6 is 35.6 Å². The van der Waals surface area contributed by atoms with Gasteiger partial charge < -0.3 is 9.47 Å². The molecular weight excluding hydrogens is 426 g/mol. The Balaban J connectivity index is 1.85. The van der Waals surface area contributed by atoms with Gasteiger partial charge in [-0.25, -0.2) is 0 Å². The highest BCUT2D eigenvalue weighted by Gasteiger charge is 2.31. The van der Waals surface area contributed by atoms with Gasteiger partial charge in [-0.3, -0.25) is 9.69 Å². The molecule has 1 aliphatic heterocycles. The van der Waals surface area contributed by atoms with E-state index < -0.39 is 0 Å². The van der Waals surface area contributed by atoms with Gasteiger partial charge in [-0.2, -0.15) is 0 Å². The largest absolute Gasteiger partial charge is 0.493 e. The zero-order chi connectivity index (χ0) is 21.0. The van der Waals surface area contributed by atoms with Crippen molar-refractivity contribution in [2.45, 2.75) is 13.5 Å². The van der Waals surface area contributed by atoms with E-state index in [0.717, 1.165) is 16.7 Å². The van der Waals surface area contributed by atoms with Gasteiger partial charge in [-0.15, -0.1) is 6.58 Å². The van der Waals surface area contributed by atoms with Gasteiger partial charge >= 0.3 is 0 Å². The Morgan fingerprint density at radius 3 is 2.76 bits per heavy atom. The van der Waals surface area contributed by atoms with E-state index in [1.165, 1.54) is 16.7 Å². The highest BCUT2D eigenvalue weighted by Crippen LogP contribution is 2.39. The molecule has 2 aromatic carbocycles. The molecule has 4 nitrogen and oxygen atoms in total. The highest BCUT2D eigenvalue weighted by molar-refractivity contribution is 8.26. The number of carbonyl (C=O) groups is 1. The van der Waals surface area contributed by atoms with E-state index in [2.05, 4.69) is 6.58 Å². The molecule has 1 amide bonds. The van der Waals surface area contributed by atoms with Crippen molar-refractivity contribution in [1.29, 1.82) is 0 Å². The smallest absolute Gasteiger partial charge is 0.266 e. The van der Waals surface area contributed by atoms with E-state index in [-0.39, 0.29) is 5.91 Å². The van der Waals surface area contributed by atoms with Crippen LogP contribution in [-0.2, 0) is 11.4 Å². The van der Waals surface area contributed by atoms with Crippen LogP contribution in [0.25, 0.3) is 6.08 Å². The number of rotatable bonds is 7. The van der Waals surface area contributed by atoms with Gasteiger partial charge in [0.2, 0.25) is 0 Å². The molecule has 1 heterocycles. The number of halogens is 1. The molecule has 1 fully saturated rings. The quantitative estimate of drug-likeness (QED) is 0.314. The molecule has 0 spiro atoms. The Morgan fingerprint density at radius 2 is 2.07 bits per heavy atom. The summed E-state index contributed by atoms with van der Waals surface area (Å²) in [6.45, 7) is 6.46. The maximum Gasteiger partial charge on any atom is 0.266 e. The van der Waals surface area contributed by atoms with E-state index in [9.17, 15) is 4.79 Å². The summed E-state index contributed by atoms with van der Waals surface area (Å²) in [6, 6.07) is 11.5. The summed E-state index contributed by atoms with van der Waals surface area (Å²) in [5.74, 6) is 0.822. The number of thiocarbonyl (C=S) groups is 1. The second-order valence-corrected chi connectivity index (χ2v) is 8.41. The van der Waals surface area contributed by atoms with Gasteiger partial charge in [0.05, 0.1) is 17.0 Å². The maximum absolute atomic E-state index is 12.5. The second kappa shape index (κ2) is 9.48. The zero-order valence-electron chi connectivity index (χ0n) is 16.1. The zero-order valence-corrected chi connectivity index (χ0v) is 18.5. The van der Waals surface area contributed by atoms with Crippen LogP contribution in [0.15, 0.2) is 54.0 Å². The van der Waals surface area contributed by atoms with Crippen molar-refractivity contribution in [3.63, 3.8) is 0 Å². The summed E-state index contributed by atoms with van der Waals surface area (Å²) in [5.41, 5.74) is 2.94. The molecule has 3 rings (SSSR count). The number of thioether (sulfide) groups is 1. The van der Waals surface area contributed by atoms with Crippen molar-refractivity contribution in [1.82, 2.24) is 4.90 Å². The number of carbonyl (C=O) groups excluding carboxylic acids is 1. The van der Waals surface area contributed by atoms with Crippen LogP contribution in [0.5, 0.6) is 11.5 Å². The van der Waals surface area contributed by atoms with Crippen LogP contribution in [0.1, 0.15) is 16.7 Å². The number of hydrogen-bond acceptors (Lipinski definition) is 5. The molecule has 0 bridgehead atoms. The Morgan fingerprint density at radius 1 is 1.31 bits per heavy atom. The summed E-state index contributed by atoms with van der Waals surface area (Å²) in [7, 11) is 1.56. The van der Waals surface area contributed by atoms with Crippen LogP contribution in [0.4, 0.5) is 0 Å². The van der Waals surface area contributed by atoms with Crippen LogP contribution < -0.4 is 9.47 Å².